The van der Waals surface area contributed by atoms with Gasteiger partial charge in [0.05, 0.1) is 0 Å². The smallest absolute Gasteiger partial charge is 0.104 e. The van der Waals surface area contributed by atoms with Gasteiger partial charge in [0.1, 0.15) is 5.60 Å². The molecule has 1 fully saturated rings. The van der Waals surface area contributed by atoms with E-state index in [2.05, 4.69) is 23.2 Å². The van der Waals surface area contributed by atoms with Crippen LogP contribution < -0.4 is 0 Å². The lowest BCUT2D eigenvalue weighted by Gasteiger charge is -2.20. The van der Waals surface area contributed by atoms with Gasteiger partial charge in [0, 0.05) is 11.2 Å². The first kappa shape index (κ1) is 8.98. The van der Waals surface area contributed by atoms with Gasteiger partial charge in [-0.15, -0.1) is 0 Å². The van der Waals surface area contributed by atoms with Crippen molar-refractivity contribution in [2.45, 2.75) is 31.3 Å². The number of aliphatic hydroxyl groups is 1. The molecule has 1 aliphatic carbocycles. The van der Waals surface area contributed by atoms with Gasteiger partial charge in [-0.2, -0.15) is 0 Å². The van der Waals surface area contributed by atoms with Crippen LogP contribution in [-0.2, 0) is 5.60 Å². The zero-order valence-electron chi connectivity index (χ0n) is 8.66. The van der Waals surface area contributed by atoms with Crippen LogP contribution in [0.4, 0.5) is 0 Å². The molecule has 78 valence electrons. The summed E-state index contributed by atoms with van der Waals surface area (Å²) in [5, 5.41) is 11.6. The summed E-state index contributed by atoms with van der Waals surface area (Å²) in [6.45, 7) is 0. The van der Waals surface area contributed by atoms with Crippen molar-refractivity contribution in [1.29, 1.82) is 0 Å². The van der Waals surface area contributed by atoms with Crippen molar-refractivity contribution in [2.75, 3.05) is 0 Å². The SMILES string of the molecule is OC1(c2cc3ccccc3[nH]2)CCCC1. The molecule has 0 unspecified atom stereocenters. The Balaban J connectivity index is 2.11. The van der Waals surface area contributed by atoms with E-state index in [4.69, 9.17) is 0 Å². The summed E-state index contributed by atoms with van der Waals surface area (Å²) in [7, 11) is 0. The summed E-state index contributed by atoms with van der Waals surface area (Å²) in [4.78, 5) is 3.33. The molecule has 0 atom stereocenters. The third-order valence-corrected chi connectivity index (χ3v) is 3.46. The van der Waals surface area contributed by atoms with Crippen molar-refractivity contribution < 1.29 is 5.11 Å². The van der Waals surface area contributed by atoms with Crippen LogP contribution in [0.25, 0.3) is 10.9 Å². The van der Waals surface area contributed by atoms with E-state index in [0.717, 1.165) is 36.9 Å². The van der Waals surface area contributed by atoms with E-state index in [9.17, 15) is 5.11 Å². The Bertz CT molecular complexity index is 447. The summed E-state index contributed by atoms with van der Waals surface area (Å²) in [6, 6.07) is 10.3. The summed E-state index contributed by atoms with van der Waals surface area (Å²) in [5.74, 6) is 0. The van der Waals surface area contributed by atoms with Crippen molar-refractivity contribution in [1.82, 2.24) is 4.98 Å². The van der Waals surface area contributed by atoms with Crippen LogP contribution in [-0.4, -0.2) is 10.1 Å². The maximum atomic E-state index is 10.4. The lowest BCUT2D eigenvalue weighted by molar-refractivity contribution is 0.0407. The Labute approximate surface area is 88.9 Å². The minimum absolute atomic E-state index is 0.598. The van der Waals surface area contributed by atoms with Crippen molar-refractivity contribution in [3.05, 3.63) is 36.0 Å². The molecule has 3 rings (SSSR count). The molecule has 1 heterocycles. The topological polar surface area (TPSA) is 36.0 Å². The van der Waals surface area contributed by atoms with Crippen LogP contribution >= 0.6 is 0 Å². The lowest BCUT2D eigenvalue weighted by atomic mass is 9.98. The van der Waals surface area contributed by atoms with Crippen LogP contribution in [0.15, 0.2) is 30.3 Å². The molecule has 1 aromatic heterocycles. The summed E-state index contributed by atoms with van der Waals surface area (Å²) in [5.41, 5.74) is 1.51. The largest absolute Gasteiger partial charge is 0.384 e. The van der Waals surface area contributed by atoms with Gasteiger partial charge in [-0.1, -0.05) is 31.0 Å². The molecule has 1 aliphatic rings. The van der Waals surface area contributed by atoms with Gasteiger partial charge in [0.2, 0.25) is 0 Å². The van der Waals surface area contributed by atoms with E-state index in [1.165, 1.54) is 5.39 Å². The average molecular weight is 201 g/mol. The Morgan fingerprint density at radius 1 is 1.13 bits per heavy atom. The number of H-pyrrole nitrogens is 1. The number of fused-ring (bicyclic) bond motifs is 1. The molecular formula is C13H15NO. The van der Waals surface area contributed by atoms with Crippen LogP contribution in [0, 0.1) is 0 Å². The summed E-state index contributed by atoms with van der Waals surface area (Å²) in [6.07, 6.45) is 4.04. The lowest BCUT2D eigenvalue weighted by Crippen LogP contribution is -2.21. The summed E-state index contributed by atoms with van der Waals surface area (Å²) < 4.78 is 0. The number of hydrogen-bond acceptors (Lipinski definition) is 1. The molecule has 2 N–H and O–H groups in total. The van der Waals surface area contributed by atoms with E-state index in [1.807, 2.05) is 12.1 Å². The number of rotatable bonds is 1. The van der Waals surface area contributed by atoms with E-state index in [-0.39, 0.29) is 0 Å². The maximum Gasteiger partial charge on any atom is 0.104 e. The second-order valence-electron chi connectivity index (χ2n) is 4.51. The molecule has 0 saturated heterocycles. The molecule has 2 heteroatoms. The highest BCUT2D eigenvalue weighted by molar-refractivity contribution is 5.80. The molecule has 0 amide bonds. The van der Waals surface area contributed by atoms with Gasteiger partial charge in [0.25, 0.3) is 0 Å². The first-order valence-corrected chi connectivity index (χ1v) is 5.59. The second kappa shape index (κ2) is 3.11. The fourth-order valence-corrected chi connectivity index (χ4v) is 2.55. The highest BCUT2D eigenvalue weighted by Gasteiger charge is 2.34. The molecule has 1 saturated carbocycles. The second-order valence-corrected chi connectivity index (χ2v) is 4.51. The Morgan fingerprint density at radius 2 is 1.87 bits per heavy atom. The van der Waals surface area contributed by atoms with E-state index in [0.29, 0.717) is 0 Å². The van der Waals surface area contributed by atoms with Crippen molar-refractivity contribution in [2.24, 2.45) is 0 Å². The van der Waals surface area contributed by atoms with Crippen LogP contribution in [0.1, 0.15) is 31.4 Å². The van der Waals surface area contributed by atoms with Gasteiger partial charge < -0.3 is 10.1 Å². The molecule has 2 nitrogen and oxygen atoms in total. The quantitative estimate of drug-likeness (QED) is 0.731. The van der Waals surface area contributed by atoms with Gasteiger partial charge in [-0.3, -0.25) is 0 Å². The van der Waals surface area contributed by atoms with Crippen molar-refractivity contribution >= 4 is 10.9 Å². The zero-order valence-corrected chi connectivity index (χ0v) is 8.66. The normalized spacial score (nSPS) is 19.8. The molecule has 15 heavy (non-hydrogen) atoms. The van der Waals surface area contributed by atoms with Gasteiger partial charge >= 0.3 is 0 Å². The Morgan fingerprint density at radius 3 is 2.60 bits per heavy atom. The predicted molar refractivity (Wildman–Crippen MR) is 60.7 cm³/mol. The predicted octanol–water partition coefficient (Wildman–Crippen LogP) is 2.93. The number of para-hydroxylation sites is 1. The molecular weight excluding hydrogens is 186 g/mol. The molecule has 0 spiro atoms. The van der Waals surface area contributed by atoms with Gasteiger partial charge in [0.15, 0.2) is 0 Å². The van der Waals surface area contributed by atoms with E-state index in [1.54, 1.807) is 0 Å². The van der Waals surface area contributed by atoms with Crippen molar-refractivity contribution in [3.63, 3.8) is 0 Å². The molecule has 0 bridgehead atoms. The fourth-order valence-electron chi connectivity index (χ4n) is 2.55. The zero-order chi connectivity index (χ0) is 10.3. The Kier molecular flexibility index (Phi) is 1.86. The van der Waals surface area contributed by atoms with Crippen LogP contribution in [0.2, 0.25) is 0 Å². The van der Waals surface area contributed by atoms with Crippen LogP contribution in [0.3, 0.4) is 0 Å². The number of hydrogen-bond donors (Lipinski definition) is 2. The van der Waals surface area contributed by atoms with E-state index < -0.39 is 5.60 Å². The highest BCUT2D eigenvalue weighted by atomic mass is 16.3. The standard InChI is InChI=1S/C13H15NO/c15-13(7-3-4-8-13)12-9-10-5-1-2-6-11(10)14-12/h1-2,5-6,9,14-15H,3-4,7-8H2. The minimum atomic E-state index is -0.598. The first-order chi connectivity index (χ1) is 7.28. The van der Waals surface area contributed by atoms with Gasteiger partial charge in [-0.05, 0) is 30.4 Å². The highest BCUT2D eigenvalue weighted by Crippen LogP contribution is 2.38. The van der Waals surface area contributed by atoms with Gasteiger partial charge in [-0.25, -0.2) is 0 Å². The third kappa shape index (κ3) is 1.37. The molecule has 0 aliphatic heterocycles. The molecule has 0 radical (unpaired) electrons. The monoisotopic (exact) mass is 201 g/mol. The fraction of sp³-hybridized carbons (Fsp3) is 0.385. The average Bonchev–Trinajstić information content (AvgIpc) is 2.84. The number of aromatic nitrogens is 1. The molecule has 2 aromatic rings. The molecule has 1 aromatic carbocycles. The van der Waals surface area contributed by atoms with Crippen LogP contribution in [0.5, 0.6) is 0 Å². The Hall–Kier alpha value is -1.28. The number of nitrogens with one attached hydrogen (secondary N) is 1. The third-order valence-electron chi connectivity index (χ3n) is 3.46. The first-order valence-electron chi connectivity index (χ1n) is 5.59. The number of aromatic amines is 1. The number of benzene rings is 1. The maximum absolute atomic E-state index is 10.4. The minimum Gasteiger partial charge on any atom is -0.384 e. The van der Waals surface area contributed by atoms with E-state index >= 15 is 0 Å². The summed E-state index contributed by atoms with van der Waals surface area (Å²) >= 11 is 0. The van der Waals surface area contributed by atoms with Crippen molar-refractivity contribution in [3.8, 4) is 0 Å².